The third kappa shape index (κ3) is 1.87. The molecular weight excluding hydrogens is 178 g/mol. The maximum Gasteiger partial charge on any atom is 0.338 e. The molecule has 3 nitrogen and oxygen atoms in total. The quantitative estimate of drug-likeness (QED) is 0.576. The Labute approximate surface area is 83.9 Å². The maximum atomic E-state index is 11.4. The van der Waals surface area contributed by atoms with E-state index in [4.69, 9.17) is 5.73 Å². The van der Waals surface area contributed by atoms with Crippen LogP contribution in [-0.4, -0.2) is 13.1 Å². The van der Waals surface area contributed by atoms with Crippen LogP contribution in [0.2, 0.25) is 0 Å². The first kappa shape index (κ1) is 10.6. The first-order chi connectivity index (χ1) is 6.60. The smallest absolute Gasteiger partial charge is 0.338 e. The van der Waals surface area contributed by atoms with E-state index in [1.54, 1.807) is 6.07 Å². The van der Waals surface area contributed by atoms with Gasteiger partial charge >= 0.3 is 5.97 Å². The summed E-state index contributed by atoms with van der Waals surface area (Å²) in [5.74, 6) is -0.308. The predicted octanol–water partition coefficient (Wildman–Crippen LogP) is 1.93. The number of hydrogen-bond acceptors (Lipinski definition) is 3. The molecule has 0 bridgehead atoms. The van der Waals surface area contributed by atoms with Crippen LogP contribution in [0.1, 0.15) is 28.4 Å². The van der Waals surface area contributed by atoms with Gasteiger partial charge in [-0.1, -0.05) is 6.92 Å². The molecule has 0 radical (unpaired) electrons. The summed E-state index contributed by atoms with van der Waals surface area (Å²) in [5, 5.41) is 0. The Morgan fingerprint density at radius 1 is 1.50 bits per heavy atom. The minimum Gasteiger partial charge on any atom is -0.465 e. The van der Waals surface area contributed by atoms with Crippen LogP contribution in [0.5, 0.6) is 0 Å². The van der Waals surface area contributed by atoms with Crippen molar-refractivity contribution in [2.45, 2.75) is 20.3 Å². The average molecular weight is 193 g/mol. The van der Waals surface area contributed by atoms with Gasteiger partial charge in [-0.2, -0.15) is 0 Å². The summed E-state index contributed by atoms with van der Waals surface area (Å²) in [4.78, 5) is 11.4. The van der Waals surface area contributed by atoms with Crippen LogP contribution in [0.15, 0.2) is 12.1 Å². The zero-order valence-electron chi connectivity index (χ0n) is 8.76. The topological polar surface area (TPSA) is 52.3 Å². The lowest BCUT2D eigenvalue weighted by atomic mass is 10.0. The number of methoxy groups -OCH3 is 1. The van der Waals surface area contributed by atoms with Gasteiger partial charge in [0.05, 0.1) is 12.7 Å². The van der Waals surface area contributed by atoms with E-state index in [0.717, 1.165) is 23.2 Å². The number of anilines is 1. The Morgan fingerprint density at radius 2 is 2.14 bits per heavy atom. The number of nitrogen functional groups attached to an aromatic ring is 1. The monoisotopic (exact) mass is 193 g/mol. The molecule has 2 N–H and O–H groups in total. The summed E-state index contributed by atoms with van der Waals surface area (Å²) in [5.41, 5.74) is 8.96. The van der Waals surface area contributed by atoms with E-state index in [9.17, 15) is 4.79 Å². The predicted molar refractivity (Wildman–Crippen MR) is 56.3 cm³/mol. The molecule has 1 rings (SSSR count). The van der Waals surface area contributed by atoms with Crippen molar-refractivity contribution in [2.24, 2.45) is 0 Å². The molecule has 3 heteroatoms. The van der Waals surface area contributed by atoms with Crippen molar-refractivity contribution >= 4 is 11.7 Å². The molecule has 0 atom stereocenters. The molecule has 0 saturated carbocycles. The van der Waals surface area contributed by atoms with E-state index in [1.807, 2.05) is 19.9 Å². The number of rotatable bonds is 2. The number of nitrogens with two attached hydrogens (primary N) is 1. The minimum absolute atomic E-state index is 0.308. The lowest BCUT2D eigenvalue weighted by Gasteiger charge is -2.08. The Hall–Kier alpha value is -1.51. The van der Waals surface area contributed by atoms with Crippen molar-refractivity contribution in [3.63, 3.8) is 0 Å². The van der Waals surface area contributed by atoms with Gasteiger partial charge in [0.2, 0.25) is 0 Å². The van der Waals surface area contributed by atoms with Gasteiger partial charge in [0.15, 0.2) is 0 Å². The van der Waals surface area contributed by atoms with Crippen LogP contribution in [0.25, 0.3) is 0 Å². The van der Waals surface area contributed by atoms with Gasteiger partial charge in [-0.15, -0.1) is 0 Å². The van der Waals surface area contributed by atoms with Gasteiger partial charge in [-0.25, -0.2) is 4.79 Å². The highest BCUT2D eigenvalue weighted by atomic mass is 16.5. The van der Waals surface area contributed by atoms with Crippen LogP contribution in [0, 0.1) is 6.92 Å². The SMILES string of the molecule is CCc1cc(C(=O)OC)c(C)cc1N. The normalized spacial score (nSPS) is 9.93. The fourth-order valence-corrected chi connectivity index (χ4v) is 1.41. The van der Waals surface area contributed by atoms with Gasteiger partial charge < -0.3 is 10.5 Å². The molecule has 0 aliphatic rings. The highest BCUT2D eigenvalue weighted by molar-refractivity contribution is 5.91. The van der Waals surface area contributed by atoms with E-state index in [0.29, 0.717) is 5.56 Å². The Kier molecular flexibility index (Phi) is 3.12. The van der Waals surface area contributed by atoms with Gasteiger partial charge in [-0.3, -0.25) is 0 Å². The number of esters is 1. The lowest BCUT2D eigenvalue weighted by Crippen LogP contribution is -2.06. The van der Waals surface area contributed by atoms with Crippen LogP contribution in [0.4, 0.5) is 5.69 Å². The largest absolute Gasteiger partial charge is 0.465 e. The fraction of sp³-hybridized carbons (Fsp3) is 0.364. The molecule has 0 aromatic heterocycles. The summed E-state index contributed by atoms with van der Waals surface area (Å²) in [6.07, 6.45) is 0.816. The second-order valence-electron chi connectivity index (χ2n) is 3.21. The molecule has 0 aliphatic heterocycles. The second kappa shape index (κ2) is 4.13. The fourth-order valence-electron chi connectivity index (χ4n) is 1.41. The standard InChI is InChI=1S/C11H15NO2/c1-4-8-6-9(11(13)14-3)7(2)5-10(8)12/h5-6H,4,12H2,1-3H3. The summed E-state index contributed by atoms with van der Waals surface area (Å²) >= 11 is 0. The molecule has 1 aromatic carbocycles. The van der Waals surface area contributed by atoms with Gasteiger partial charge in [0.25, 0.3) is 0 Å². The highest BCUT2D eigenvalue weighted by Crippen LogP contribution is 2.19. The Bertz CT molecular complexity index is 359. The molecule has 0 saturated heterocycles. The maximum absolute atomic E-state index is 11.4. The Morgan fingerprint density at radius 3 is 2.64 bits per heavy atom. The number of carbonyl (C=O) groups is 1. The number of benzene rings is 1. The van der Waals surface area contributed by atoms with E-state index in [1.165, 1.54) is 7.11 Å². The van der Waals surface area contributed by atoms with Crippen LogP contribution in [0.3, 0.4) is 0 Å². The lowest BCUT2D eigenvalue weighted by molar-refractivity contribution is 0.0600. The first-order valence-electron chi connectivity index (χ1n) is 4.57. The van der Waals surface area contributed by atoms with E-state index < -0.39 is 0 Å². The second-order valence-corrected chi connectivity index (χ2v) is 3.21. The molecule has 14 heavy (non-hydrogen) atoms. The van der Waals surface area contributed by atoms with Crippen molar-refractivity contribution in [3.05, 3.63) is 28.8 Å². The van der Waals surface area contributed by atoms with Crippen LogP contribution < -0.4 is 5.73 Å². The third-order valence-corrected chi connectivity index (χ3v) is 2.27. The van der Waals surface area contributed by atoms with E-state index in [-0.39, 0.29) is 5.97 Å². The van der Waals surface area contributed by atoms with Crippen molar-refractivity contribution in [2.75, 3.05) is 12.8 Å². The van der Waals surface area contributed by atoms with Crippen LogP contribution in [-0.2, 0) is 11.2 Å². The zero-order valence-corrected chi connectivity index (χ0v) is 8.76. The zero-order chi connectivity index (χ0) is 10.7. The number of carbonyl (C=O) groups excluding carboxylic acids is 1. The summed E-state index contributed by atoms with van der Waals surface area (Å²) < 4.78 is 4.68. The number of ether oxygens (including phenoxy) is 1. The van der Waals surface area contributed by atoms with Crippen LogP contribution >= 0.6 is 0 Å². The molecule has 0 amide bonds. The summed E-state index contributed by atoms with van der Waals surface area (Å²) in [6.45, 7) is 3.85. The molecule has 76 valence electrons. The van der Waals surface area contributed by atoms with Crippen molar-refractivity contribution in [3.8, 4) is 0 Å². The van der Waals surface area contributed by atoms with Gasteiger partial charge in [0.1, 0.15) is 0 Å². The van der Waals surface area contributed by atoms with Crippen molar-refractivity contribution in [1.29, 1.82) is 0 Å². The Balaban J connectivity index is 3.24. The first-order valence-corrected chi connectivity index (χ1v) is 4.57. The molecule has 0 aliphatic carbocycles. The van der Waals surface area contributed by atoms with Gasteiger partial charge in [-0.05, 0) is 36.6 Å². The van der Waals surface area contributed by atoms with E-state index >= 15 is 0 Å². The highest BCUT2D eigenvalue weighted by Gasteiger charge is 2.11. The number of hydrogen-bond donors (Lipinski definition) is 1. The molecule has 0 heterocycles. The molecule has 0 spiro atoms. The van der Waals surface area contributed by atoms with Gasteiger partial charge in [0, 0.05) is 5.69 Å². The molecule has 0 fully saturated rings. The average Bonchev–Trinajstić information content (AvgIpc) is 2.17. The summed E-state index contributed by atoms with van der Waals surface area (Å²) in [7, 11) is 1.38. The van der Waals surface area contributed by atoms with Crippen molar-refractivity contribution < 1.29 is 9.53 Å². The van der Waals surface area contributed by atoms with E-state index in [2.05, 4.69) is 4.74 Å². The molecular formula is C11H15NO2. The number of aryl methyl sites for hydroxylation is 2. The minimum atomic E-state index is -0.308. The molecule has 0 unspecified atom stereocenters. The van der Waals surface area contributed by atoms with Crippen molar-refractivity contribution in [1.82, 2.24) is 0 Å². The summed E-state index contributed by atoms with van der Waals surface area (Å²) in [6, 6.07) is 3.61. The third-order valence-electron chi connectivity index (χ3n) is 2.27. The molecule has 1 aromatic rings.